The summed E-state index contributed by atoms with van der Waals surface area (Å²) in [4.78, 5) is 15.5. The van der Waals surface area contributed by atoms with Gasteiger partial charge in [0, 0.05) is 43.8 Å². The van der Waals surface area contributed by atoms with E-state index in [1.807, 2.05) is 26.0 Å². The van der Waals surface area contributed by atoms with Crippen molar-refractivity contribution in [1.82, 2.24) is 19.9 Å². The maximum atomic E-state index is 6.18. The normalized spacial score (nSPS) is 21.8. The van der Waals surface area contributed by atoms with E-state index in [0.29, 0.717) is 18.5 Å². The zero-order valence-corrected chi connectivity index (χ0v) is 16.2. The SMILES string of the molecule is Cc1cccc(CN2CC3(C[C@@H](CCOc4nccc(C)n4)CCO3)C2)n1. The van der Waals surface area contributed by atoms with Crippen molar-refractivity contribution in [2.45, 2.75) is 45.3 Å². The van der Waals surface area contributed by atoms with Crippen LogP contribution in [0.2, 0.25) is 0 Å². The molecule has 0 unspecified atom stereocenters. The Balaban J connectivity index is 1.23. The van der Waals surface area contributed by atoms with Crippen LogP contribution in [0.5, 0.6) is 6.01 Å². The number of likely N-dealkylation sites (tertiary alicyclic amines) is 1. The monoisotopic (exact) mass is 368 g/mol. The number of hydrogen-bond acceptors (Lipinski definition) is 6. The zero-order chi connectivity index (χ0) is 18.7. The van der Waals surface area contributed by atoms with Gasteiger partial charge in [-0.15, -0.1) is 0 Å². The van der Waals surface area contributed by atoms with Gasteiger partial charge in [0.1, 0.15) is 0 Å². The van der Waals surface area contributed by atoms with E-state index in [0.717, 1.165) is 62.6 Å². The second kappa shape index (κ2) is 7.90. The third kappa shape index (κ3) is 4.62. The Labute approximate surface area is 161 Å². The van der Waals surface area contributed by atoms with Crippen molar-refractivity contribution in [2.75, 3.05) is 26.3 Å². The average Bonchev–Trinajstić information content (AvgIpc) is 2.61. The van der Waals surface area contributed by atoms with Gasteiger partial charge in [0.15, 0.2) is 0 Å². The topological polar surface area (TPSA) is 60.4 Å². The molecule has 27 heavy (non-hydrogen) atoms. The molecular weight excluding hydrogens is 340 g/mol. The van der Waals surface area contributed by atoms with Crippen molar-refractivity contribution in [3.05, 3.63) is 47.5 Å². The lowest BCUT2D eigenvalue weighted by Crippen LogP contribution is -2.64. The van der Waals surface area contributed by atoms with E-state index in [-0.39, 0.29) is 5.60 Å². The highest BCUT2D eigenvalue weighted by atomic mass is 16.5. The third-order valence-corrected chi connectivity index (χ3v) is 5.48. The smallest absolute Gasteiger partial charge is 0.316 e. The summed E-state index contributed by atoms with van der Waals surface area (Å²) in [5.41, 5.74) is 3.19. The first-order chi connectivity index (χ1) is 13.1. The highest BCUT2D eigenvalue weighted by Crippen LogP contribution is 2.38. The van der Waals surface area contributed by atoms with Crippen molar-refractivity contribution in [3.8, 4) is 6.01 Å². The van der Waals surface area contributed by atoms with Crippen LogP contribution in [0.25, 0.3) is 0 Å². The number of hydrogen-bond donors (Lipinski definition) is 0. The minimum Gasteiger partial charge on any atom is -0.463 e. The average molecular weight is 368 g/mol. The van der Waals surface area contributed by atoms with E-state index in [9.17, 15) is 0 Å². The molecule has 0 N–H and O–H groups in total. The lowest BCUT2D eigenvalue weighted by molar-refractivity contribution is -0.182. The Morgan fingerprint density at radius 2 is 2.04 bits per heavy atom. The first-order valence-corrected chi connectivity index (χ1v) is 9.82. The molecule has 2 aliphatic rings. The van der Waals surface area contributed by atoms with Crippen LogP contribution in [0.3, 0.4) is 0 Å². The van der Waals surface area contributed by atoms with Gasteiger partial charge in [-0.3, -0.25) is 9.88 Å². The molecule has 2 aromatic rings. The van der Waals surface area contributed by atoms with Gasteiger partial charge in [0.25, 0.3) is 0 Å². The summed E-state index contributed by atoms with van der Waals surface area (Å²) in [6.07, 6.45) is 5.00. The summed E-state index contributed by atoms with van der Waals surface area (Å²) in [5, 5.41) is 0. The fourth-order valence-electron chi connectivity index (χ4n) is 4.21. The van der Waals surface area contributed by atoms with Gasteiger partial charge in [-0.05, 0) is 57.2 Å². The van der Waals surface area contributed by atoms with Crippen LogP contribution < -0.4 is 4.74 Å². The quantitative estimate of drug-likeness (QED) is 0.781. The van der Waals surface area contributed by atoms with Gasteiger partial charge >= 0.3 is 6.01 Å². The van der Waals surface area contributed by atoms with Crippen LogP contribution in [0, 0.1) is 19.8 Å². The van der Waals surface area contributed by atoms with Crippen LogP contribution in [0.1, 0.15) is 36.3 Å². The van der Waals surface area contributed by atoms with Gasteiger partial charge in [-0.1, -0.05) is 6.07 Å². The molecule has 2 aliphatic heterocycles. The number of ether oxygens (including phenoxy) is 2. The first kappa shape index (κ1) is 18.3. The second-order valence-corrected chi connectivity index (χ2v) is 7.92. The molecule has 1 atom stereocenters. The van der Waals surface area contributed by atoms with Crippen LogP contribution in [-0.2, 0) is 11.3 Å². The summed E-state index contributed by atoms with van der Waals surface area (Å²) in [5.74, 6) is 0.641. The maximum absolute atomic E-state index is 6.18. The third-order valence-electron chi connectivity index (χ3n) is 5.48. The number of aromatic nitrogens is 3. The van der Waals surface area contributed by atoms with Crippen LogP contribution >= 0.6 is 0 Å². The second-order valence-electron chi connectivity index (χ2n) is 7.92. The van der Waals surface area contributed by atoms with E-state index in [1.54, 1.807) is 6.20 Å². The molecule has 0 aliphatic carbocycles. The Kier molecular flexibility index (Phi) is 5.36. The standard InChI is InChI=1S/C21H28N4O2/c1-16-4-3-5-19(23-16)13-25-14-21(15-25)12-18(8-11-27-21)7-10-26-20-22-9-6-17(2)24-20/h3-6,9,18H,7-8,10-15H2,1-2H3/t18-/m0/s1. The first-order valence-electron chi connectivity index (χ1n) is 9.82. The summed E-state index contributed by atoms with van der Waals surface area (Å²) >= 11 is 0. The van der Waals surface area contributed by atoms with Crippen LogP contribution in [-0.4, -0.2) is 51.8 Å². The Hall–Kier alpha value is -2.05. The van der Waals surface area contributed by atoms with Gasteiger partial charge in [0.2, 0.25) is 0 Å². The van der Waals surface area contributed by atoms with E-state index < -0.39 is 0 Å². The van der Waals surface area contributed by atoms with E-state index in [1.165, 1.54) is 0 Å². The van der Waals surface area contributed by atoms with E-state index >= 15 is 0 Å². The van der Waals surface area contributed by atoms with Gasteiger partial charge in [-0.2, -0.15) is 0 Å². The van der Waals surface area contributed by atoms with Crippen molar-refractivity contribution < 1.29 is 9.47 Å². The molecule has 6 nitrogen and oxygen atoms in total. The molecule has 2 saturated heterocycles. The van der Waals surface area contributed by atoms with Crippen molar-refractivity contribution in [3.63, 3.8) is 0 Å². The molecule has 0 radical (unpaired) electrons. The summed E-state index contributed by atoms with van der Waals surface area (Å²) in [6.45, 7) is 8.42. The highest BCUT2D eigenvalue weighted by Gasteiger charge is 2.47. The minimum atomic E-state index is 0.0343. The molecule has 0 amide bonds. The number of aryl methyl sites for hydroxylation is 2. The van der Waals surface area contributed by atoms with E-state index in [2.05, 4.69) is 32.0 Å². The number of nitrogens with zero attached hydrogens (tertiary/aromatic N) is 4. The van der Waals surface area contributed by atoms with Crippen LogP contribution in [0.4, 0.5) is 0 Å². The molecule has 0 aromatic carbocycles. The van der Waals surface area contributed by atoms with Gasteiger partial charge in [-0.25, -0.2) is 9.97 Å². The number of pyridine rings is 1. The predicted molar refractivity (Wildman–Crippen MR) is 103 cm³/mol. The molecule has 2 aromatic heterocycles. The molecule has 2 fully saturated rings. The summed E-state index contributed by atoms with van der Waals surface area (Å²) < 4.78 is 11.9. The molecule has 6 heteroatoms. The fraction of sp³-hybridized carbons (Fsp3) is 0.571. The molecule has 4 heterocycles. The molecular formula is C21H28N4O2. The zero-order valence-electron chi connectivity index (χ0n) is 16.2. The lowest BCUT2D eigenvalue weighted by Gasteiger charge is -2.53. The molecule has 4 rings (SSSR count). The largest absolute Gasteiger partial charge is 0.463 e. The Morgan fingerprint density at radius 1 is 1.19 bits per heavy atom. The molecule has 144 valence electrons. The van der Waals surface area contributed by atoms with Crippen LogP contribution in [0.15, 0.2) is 30.5 Å². The van der Waals surface area contributed by atoms with Crippen molar-refractivity contribution in [1.29, 1.82) is 0 Å². The van der Waals surface area contributed by atoms with Crippen molar-refractivity contribution in [2.24, 2.45) is 5.92 Å². The summed E-state index contributed by atoms with van der Waals surface area (Å²) in [6, 6.07) is 8.59. The lowest BCUT2D eigenvalue weighted by atomic mass is 9.79. The Bertz CT molecular complexity index is 776. The summed E-state index contributed by atoms with van der Waals surface area (Å²) in [7, 11) is 0. The van der Waals surface area contributed by atoms with Crippen molar-refractivity contribution >= 4 is 0 Å². The van der Waals surface area contributed by atoms with Gasteiger partial charge < -0.3 is 9.47 Å². The minimum absolute atomic E-state index is 0.0343. The van der Waals surface area contributed by atoms with Gasteiger partial charge in [0.05, 0.1) is 17.9 Å². The Morgan fingerprint density at radius 3 is 2.85 bits per heavy atom. The maximum Gasteiger partial charge on any atom is 0.316 e. The highest BCUT2D eigenvalue weighted by molar-refractivity contribution is 5.11. The molecule has 0 saturated carbocycles. The predicted octanol–water partition coefficient (Wildman–Crippen LogP) is 2.94. The molecule has 1 spiro atoms. The number of rotatable bonds is 6. The fourth-order valence-corrected chi connectivity index (χ4v) is 4.21. The van der Waals surface area contributed by atoms with E-state index in [4.69, 9.17) is 9.47 Å². The molecule has 0 bridgehead atoms.